The maximum absolute atomic E-state index is 11.2. The Morgan fingerprint density at radius 1 is 1.44 bits per heavy atom. The van der Waals surface area contributed by atoms with Gasteiger partial charge in [0.05, 0.1) is 19.0 Å². The number of rotatable bonds is 5. The second-order valence-corrected chi connectivity index (χ2v) is 4.41. The highest BCUT2D eigenvalue weighted by atomic mass is 79.9. The first-order chi connectivity index (χ1) is 8.56. The van der Waals surface area contributed by atoms with Gasteiger partial charge in [-0.15, -0.1) is 0 Å². The zero-order valence-electron chi connectivity index (χ0n) is 9.76. The molecular formula is C13H12BrO4-. The van der Waals surface area contributed by atoms with Gasteiger partial charge in [-0.2, -0.15) is 0 Å². The molecule has 4 nitrogen and oxygen atoms in total. The number of halogens is 1. The van der Waals surface area contributed by atoms with Crippen LogP contribution >= 0.6 is 15.9 Å². The summed E-state index contributed by atoms with van der Waals surface area (Å²) >= 11 is 3.36. The average molecular weight is 312 g/mol. The Labute approximate surface area is 113 Å². The first kappa shape index (κ1) is 14.4. The predicted molar refractivity (Wildman–Crippen MR) is 68.3 cm³/mol. The number of esters is 1. The number of benzene rings is 1. The predicted octanol–water partition coefficient (Wildman–Crippen LogP) is 1.39. The summed E-state index contributed by atoms with van der Waals surface area (Å²) in [4.78, 5) is 21.9. The van der Waals surface area contributed by atoms with Crippen molar-refractivity contribution < 1.29 is 19.4 Å². The molecular weight excluding hydrogens is 300 g/mol. The minimum atomic E-state index is -1.43. The lowest BCUT2D eigenvalue weighted by Crippen LogP contribution is -2.36. The monoisotopic (exact) mass is 311 g/mol. The number of carboxylic acid groups (broad SMARTS) is 1. The molecule has 1 rings (SSSR count). The number of hydrogen-bond donors (Lipinski definition) is 0. The third kappa shape index (κ3) is 4.00. The van der Waals surface area contributed by atoms with Crippen molar-refractivity contribution in [3.63, 3.8) is 0 Å². The quantitative estimate of drug-likeness (QED) is 0.609. The standard InChI is InChI=1S/C13H13BrO4/c1-18-13(17)10(12(15)16)7-4-6-9-5-2-3-8-11(9)14/h2-6,8,10H,7H2,1H3,(H,15,16)/p-1/b6-4+. The second kappa shape index (κ2) is 6.96. The Morgan fingerprint density at radius 3 is 2.67 bits per heavy atom. The summed E-state index contributed by atoms with van der Waals surface area (Å²) < 4.78 is 5.29. The van der Waals surface area contributed by atoms with Crippen LogP contribution in [0.2, 0.25) is 0 Å². The van der Waals surface area contributed by atoms with E-state index < -0.39 is 17.9 Å². The molecule has 0 amide bonds. The van der Waals surface area contributed by atoms with Gasteiger partial charge in [0.25, 0.3) is 0 Å². The molecule has 0 fully saturated rings. The fraction of sp³-hybridized carbons (Fsp3) is 0.231. The van der Waals surface area contributed by atoms with Gasteiger partial charge in [0, 0.05) is 4.47 Å². The molecule has 1 atom stereocenters. The lowest BCUT2D eigenvalue weighted by atomic mass is 10.1. The molecule has 0 saturated carbocycles. The van der Waals surface area contributed by atoms with Crippen LogP contribution < -0.4 is 5.11 Å². The molecule has 96 valence electrons. The van der Waals surface area contributed by atoms with Crippen LogP contribution in [0.15, 0.2) is 34.8 Å². The van der Waals surface area contributed by atoms with Gasteiger partial charge >= 0.3 is 5.97 Å². The number of carboxylic acids is 1. The van der Waals surface area contributed by atoms with Gasteiger partial charge in [0.15, 0.2) is 0 Å². The summed E-state index contributed by atoms with van der Waals surface area (Å²) in [6.07, 6.45) is 3.39. The number of methoxy groups -OCH3 is 1. The molecule has 18 heavy (non-hydrogen) atoms. The fourth-order valence-electron chi connectivity index (χ4n) is 1.37. The van der Waals surface area contributed by atoms with E-state index in [-0.39, 0.29) is 6.42 Å². The summed E-state index contributed by atoms with van der Waals surface area (Å²) in [5, 5.41) is 10.8. The topological polar surface area (TPSA) is 66.4 Å². The van der Waals surface area contributed by atoms with Crippen molar-refractivity contribution in [2.45, 2.75) is 6.42 Å². The van der Waals surface area contributed by atoms with Crippen molar-refractivity contribution in [2.75, 3.05) is 7.11 Å². The first-order valence-electron chi connectivity index (χ1n) is 5.26. The number of ether oxygens (including phenoxy) is 1. The minimum absolute atomic E-state index is 0.0380. The van der Waals surface area contributed by atoms with Crippen molar-refractivity contribution in [2.24, 2.45) is 5.92 Å². The van der Waals surface area contributed by atoms with Gasteiger partial charge in [0.2, 0.25) is 0 Å². The van der Waals surface area contributed by atoms with Crippen molar-refractivity contribution >= 4 is 33.9 Å². The van der Waals surface area contributed by atoms with Crippen LogP contribution in [0.3, 0.4) is 0 Å². The second-order valence-electron chi connectivity index (χ2n) is 3.55. The number of carbonyl (C=O) groups excluding carboxylic acids is 2. The third-order valence-corrected chi connectivity index (χ3v) is 3.07. The maximum atomic E-state index is 11.2. The Balaban J connectivity index is 2.71. The Hall–Kier alpha value is -1.62. The lowest BCUT2D eigenvalue weighted by Gasteiger charge is -2.12. The normalized spacial score (nSPS) is 12.3. The summed E-state index contributed by atoms with van der Waals surface area (Å²) in [6, 6.07) is 7.48. The molecule has 5 heteroatoms. The SMILES string of the molecule is COC(=O)C(C/C=C/c1ccccc1Br)C(=O)[O-]. The molecule has 0 radical (unpaired) electrons. The molecule has 0 aromatic heterocycles. The zero-order valence-corrected chi connectivity index (χ0v) is 11.3. The van der Waals surface area contributed by atoms with Crippen molar-refractivity contribution in [1.29, 1.82) is 0 Å². The van der Waals surface area contributed by atoms with E-state index in [1.54, 1.807) is 12.2 Å². The van der Waals surface area contributed by atoms with Crippen molar-refractivity contribution in [1.82, 2.24) is 0 Å². The van der Waals surface area contributed by atoms with Crippen LogP contribution in [0.1, 0.15) is 12.0 Å². The molecule has 1 aromatic carbocycles. The Kier molecular flexibility index (Phi) is 5.58. The summed E-state index contributed by atoms with van der Waals surface area (Å²) in [6.45, 7) is 0. The summed E-state index contributed by atoms with van der Waals surface area (Å²) in [5.74, 6) is -3.50. The fourth-order valence-corrected chi connectivity index (χ4v) is 1.79. The van der Waals surface area contributed by atoms with Crippen molar-refractivity contribution in [3.8, 4) is 0 Å². The van der Waals surface area contributed by atoms with E-state index in [0.29, 0.717) is 0 Å². The van der Waals surface area contributed by atoms with Gasteiger partial charge in [-0.1, -0.05) is 46.3 Å². The number of carbonyl (C=O) groups is 2. The van der Waals surface area contributed by atoms with Gasteiger partial charge < -0.3 is 14.6 Å². The summed E-state index contributed by atoms with van der Waals surface area (Å²) in [7, 11) is 1.15. The molecule has 0 bridgehead atoms. The summed E-state index contributed by atoms with van der Waals surface area (Å²) in [5.41, 5.74) is 0.902. The average Bonchev–Trinajstić information content (AvgIpc) is 2.35. The van der Waals surface area contributed by atoms with Crippen LogP contribution in [0.4, 0.5) is 0 Å². The molecule has 0 spiro atoms. The van der Waals surface area contributed by atoms with E-state index in [1.807, 2.05) is 24.3 Å². The molecule has 1 unspecified atom stereocenters. The van der Waals surface area contributed by atoms with E-state index >= 15 is 0 Å². The molecule has 0 aliphatic carbocycles. The van der Waals surface area contributed by atoms with Crippen LogP contribution in [0.5, 0.6) is 0 Å². The first-order valence-corrected chi connectivity index (χ1v) is 6.05. The van der Waals surface area contributed by atoms with Crippen molar-refractivity contribution in [3.05, 3.63) is 40.4 Å². The van der Waals surface area contributed by atoms with Gasteiger partial charge in [-0.3, -0.25) is 4.79 Å². The van der Waals surface area contributed by atoms with Gasteiger partial charge in [-0.05, 0) is 18.1 Å². The number of aliphatic carboxylic acids is 1. The van der Waals surface area contributed by atoms with Crippen LogP contribution in [-0.2, 0) is 14.3 Å². The van der Waals surface area contributed by atoms with Crippen LogP contribution in [0.25, 0.3) is 6.08 Å². The van der Waals surface area contributed by atoms with Gasteiger partial charge in [0.1, 0.15) is 0 Å². The van der Waals surface area contributed by atoms with E-state index in [1.165, 1.54) is 0 Å². The minimum Gasteiger partial charge on any atom is -0.549 e. The van der Waals surface area contributed by atoms with E-state index in [0.717, 1.165) is 17.1 Å². The van der Waals surface area contributed by atoms with Crippen LogP contribution in [0, 0.1) is 5.92 Å². The van der Waals surface area contributed by atoms with E-state index in [4.69, 9.17) is 0 Å². The number of hydrogen-bond acceptors (Lipinski definition) is 4. The highest BCUT2D eigenvalue weighted by Gasteiger charge is 2.18. The zero-order chi connectivity index (χ0) is 13.5. The Morgan fingerprint density at radius 2 is 2.11 bits per heavy atom. The Bertz CT molecular complexity index is 468. The molecule has 1 aromatic rings. The molecule has 0 N–H and O–H groups in total. The largest absolute Gasteiger partial charge is 0.549 e. The van der Waals surface area contributed by atoms with E-state index in [2.05, 4.69) is 20.7 Å². The van der Waals surface area contributed by atoms with E-state index in [9.17, 15) is 14.7 Å². The molecule has 0 aliphatic heterocycles. The third-order valence-electron chi connectivity index (χ3n) is 2.34. The van der Waals surface area contributed by atoms with Crippen LogP contribution in [-0.4, -0.2) is 19.0 Å². The maximum Gasteiger partial charge on any atom is 0.314 e. The molecule has 0 saturated heterocycles. The molecule has 0 aliphatic rings. The highest BCUT2D eigenvalue weighted by molar-refractivity contribution is 9.10. The van der Waals surface area contributed by atoms with Gasteiger partial charge in [-0.25, -0.2) is 0 Å². The highest BCUT2D eigenvalue weighted by Crippen LogP contribution is 2.18. The lowest BCUT2D eigenvalue weighted by molar-refractivity contribution is -0.310. The molecule has 0 heterocycles. The number of allylic oxidation sites excluding steroid dienone is 1. The smallest absolute Gasteiger partial charge is 0.314 e.